The van der Waals surface area contributed by atoms with Gasteiger partial charge in [-0.05, 0) is 13.0 Å². The Balaban J connectivity index is 2.10. The summed E-state index contributed by atoms with van der Waals surface area (Å²) in [7, 11) is 0. The second-order valence-corrected chi connectivity index (χ2v) is 6.33. The third-order valence-corrected chi connectivity index (χ3v) is 4.64. The fourth-order valence-corrected chi connectivity index (χ4v) is 3.59. The molecule has 3 rings (SSSR count). The Kier molecular flexibility index (Phi) is 3.49. The first-order valence-corrected chi connectivity index (χ1v) is 7.64. The Morgan fingerprint density at radius 2 is 1.63 bits per heavy atom. The zero-order valence-electron chi connectivity index (χ0n) is 10.4. The van der Waals surface area contributed by atoms with Gasteiger partial charge >= 0.3 is 0 Å². The van der Waals surface area contributed by atoms with Crippen LogP contribution >= 0.6 is 27.3 Å². The van der Waals surface area contributed by atoms with Gasteiger partial charge in [-0.1, -0.05) is 64.5 Å². The van der Waals surface area contributed by atoms with Crippen molar-refractivity contribution in [2.45, 2.75) is 6.92 Å². The van der Waals surface area contributed by atoms with E-state index in [4.69, 9.17) is 4.98 Å². The lowest BCUT2D eigenvalue weighted by Crippen LogP contribution is -1.81. The Labute approximate surface area is 125 Å². The van der Waals surface area contributed by atoms with Crippen molar-refractivity contribution in [1.82, 2.24) is 4.98 Å². The predicted molar refractivity (Wildman–Crippen MR) is 85.4 cm³/mol. The number of hydrogen-bond acceptors (Lipinski definition) is 2. The highest BCUT2D eigenvalue weighted by atomic mass is 79.9. The van der Waals surface area contributed by atoms with Crippen LogP contribution in [0.3, 0.4) is 0 Å². The van der Waals surface area contributed by atoms with E-state index in [1.165, 1.54) is 10.4 Å². The van der Waals surface area contributed by atoms with E-state index in [0.29, 0.717) is 0 Å². The van der Waals surface area contributed by atoms with Crippen LogP contribution in [-0.2, 0) is 0 Å². The summed E-state index contributed by atoms with van der Waals surface area (Å²) >= 11 is 5.33. The summed E-state index contributed by atoms with van der Waals surface area (Å²) in [6, 6.07) is 18.5. The van der Waals surface area contributed by atoms with Crippen molar-refractivity contribution in [3.63, 3.8) is 0 Å². The third-order valence-electron chi connectivity index (χ3n) is 2.95. The summed E-state index contributed by atoms with van der Waals surface area (Å²) < 4.78 is 1.09. The molecule has 0 unspecified atom stereocenters. The highest BCUT2D eigenvalue weighted by Crippen LogP contribution is 2.36. The van der Waals surface area contributed by atoms with Gasteiger partial charge < -0.3 is 0 Å². The molecule has 1 heterocycles. The molecule has 0 N–H and O–H groups in total. The molecule has 2 aromatic carbocycles. The maximum absolute atomic E-state index is 4.80. The summed E-state index contributed by atoms with van der Waals surface area (Å²) in [5, 5.41) is 1.06. The van der Waals surface area contributed by atoms with E-state index >= 15 is 0 Å². The summed E-state index contributed by atoms with van der Waals surface area (Å²) in [6.07, 6.45) is 0. The van der Waals surface area contributed by atoms with Crippen molar-refractivity contribution in [1.29, 1.82) is 0 Å². The number of halogens is 1. The smallest absolute Gasteiger partial charge is 0.125 e. The highest BCUT2D eigenvalue weighted by molar-refractivity contribution is 9.10. The monoisotopic (exact) mass is 329 g/mol. The van der Waals surface area contributed by atoms with Gasteiger partial charge in [0.2, 0.25) is 0 Å². The number of benzene rings is 2. The van der Waals surface area contributed by atoms with Crippen molar-refractivity contribution in [2.24, 2.45) is 0 Å². The highest BCUT2D eigenvalue weighted by Gasteiger charge is 2.12. The van der Waals surface area contributed by atoms with Crippen molar-refractivity contribution in [3.05, 3.63) is 63.9 Å². The molecule has 0 aliphatic rings. The van der Waals surface area contributed by atoms with Gasteiger partial charge in [0.25, 0.3) is 0 Å². The minimum Gasteiger partial charge on any atom is -0.236 e. The lowest BCUT2D eigenvalue weighted by atomic mass is 10.1. The molecule has 0 amide bonds. The van der Waals surface area contributed by atoms with E-state index < -0.39 is 0 Å². The predicted octanol–water partition coefficient (Wildman–Crippen LogP) is 5.55. The molecule has 0 bridgehead atoms. The van der Waals surface area contributed by atoms with Gasteiger partial charge in [0.05, 0.1) is 5.69 Å². The lowest BCUT2D eigenvalue weighted by Gasteiger charge is -1.99. The van der Waals surface area contributed by atoms with E-state index in [-0.39, 0.29) is 0 Å². The maximum atomic E-state index is 4.80. The van der Waals surface area contributed by atoms with Gasteiger partial charge in [-0.25, -0.2) is 4.98 Å². The van der Waals surface area contributed by atoms with E-state index in [1.807, 2.05) is 36.4 Å². The number of nitrogens with zero attached hydrogens (tertiary/aromatic N) is 1. The van der Waals surface area contributed by atoms with Gasteiger partial charge in [0, 0.05) is 20.5 Å². The van der Waals surface area contributed by atoms with Gasteiger partial charge in [-0.3, -0.25) is 0 Å². The maximum Gasteiger partial charge on any atom is 0.125 e. The molecular formula is C16H12BrNS. The standard InChI is InChI=1S/C16H12BrNS/c1-11-15(12-7-3-2-4-8-12)18-16(19-11)13-9-5-6-10-14(13)17/h2-10H,1H3. The second-order valence-electron chi connectivity index (χ2n) is 4.27. The van der Waals surface area contributed by atoms with Crippen LogP contribution < -0.4 is 0 Å². The summed E-state index contributed by atoms with van der Waals surface area (Å²) in [6.45, 7) is 2.13. The van der Waals surface area contributed by atoms with Gasteiger partial charge in [0.1, 0.15) is 5.01 Å². The quantitative estimate of drug-likeness (QED) is 0.600. The van der Waals surface area contributed by atoms with Crippen LogP contribution in [0.1, 0.15) is 4.88 Å². The van der Waals surface area contributed by atoms with Crippen molar-refractivity contribution >= 4 is 27.3 Å². The van der Waals surface area contributed by atoms with Crippen LogP contribution in [0.5, 0.6) is 0 Å². The molecule has 0 saturated carbocycles. The molecule has 94 valence electrons. The molecule has 0 aliphatic heterocycles. The fourth-order valence-electron chi connectivity index (χ4n) is 2.01. The van der Waals surface area contributed by atoms with Crippen LogP contribution in [0.25, 0.3) is 21.8 Å². The van der Waals surface area contributed by atoms with Gasteiger partial charge in [0.15, 0.2) is 0 Å². The Bertz CT molecular complexity index is 704. The first-order chi connectivity index (χ1) is 9.25. The molecule has 1 aromatic heterocycles. The average Bonchev–Trinajstić information content (AvgIpc) is 2.82. The van der Waals surface area contributed by atoms with Crippen molar-refractivity contribution < 1.29 is 0 Å². The minimum atomic E-state index is 1.06. The molecule has 1 nitrogen and oxygen atoms in total. The largest absolute Gasteiger partial charge is 0.236 e. The van der Waals surface area contributed by atoms with Crippen LogP contribution in [0.4, 0.5) is 0 Å². The van der Waals surface area contributed by atoms with Crippen molar-refractivity contribution in [2.75, 3.05) is 0 Å². The number of thiazole rings is 1. The van der Waals surface area contributed by atoms with Crippen molar-refractivity contribution in [3.8, 4) is 21.8 Å². The van der Waals surface area contributed by atoms with Gasteiger partial charge in [-0.15, -0.1) is 11.3 Å². The fraction of sp³-hybridized carbons (Fsp3) is 0.0625. The second kappa shape index (κ2) is 5.27. The molecular weight excluding hydrogens is 318 g/mol. The molecule has 0 spiro atoms. The Hall–Kier alpha value is -1.45. The summed E-state index contributed by atoms with van der Waals surface area (Å²) in [4.78, 5) is 6.05. The first kappa shape index (κ1) is 12.6. The SMILES string of the molecule is Cc1sc(-c2ccccc2Br)nc1-c1ccccc1. The van der Waals surface area contributed by atoms with Crippen LogP contribution in [0.2, 0.25) is 0 Å². The average molecular weight is 330 g/mol. The van der Waals surface area contributed by atoms with Crippen LogP contribution in [0.15, 0.2) is 59.1 Å². The molecule has 0 aliphatic carbocycles. The molecule has 0 saturated heterocycles. The zero-order chi connectivity index (χ0) is 13.2. The normalized spacial score (nSPS) is 10.6. The lowest BCUT2D eigenvalue weighted by molar-refractivity contribution is 1.37. The first-order valence-electron chi connectivity index (χ1n) is 6.03. The molecule has 0 fully saturated rings. The number of rotatable bonds is 2. The van der Waals surface area contributed by atoms with Crippen LogP contribution in [-0.4, -0.2) is 4.98 Å². The molecule has 3 heteroatoms. The zero-order valence-corrected chi connectivity index (χ0v) is 12.8. The topological polar surface area (TPSA) is 12.9 Å². The third kappa shape index (κ3) is 2.48. The summed E-state index contributed by atoms with van der Waals surface area (Å²) in [5.41, 5.74) is 3.41. The minimum absolute atomic E-state index is 1.06. The molecule has 19 heavy (non-hydrogen) atoms. The van der Waals surface area contributed by atoms with Crippen LogP contribution in [0, 0.1) is 6.92 Å². The molecule has 0 atom stereocenters. The number of hydrogen-bond donors (Lipinski definition) is 0. The Morgan fingerprint density at radius 3 is 2.37 bits per heavy atom. The van der Waals surface area contributed by atoms with E-state index in [0.717, 1.165) is 20.7 Å². The summed E-state index contributed by atoms with van der Waals surface area (Å²) in [5.74, 6) is 0. The number of aryl methyl sites for hydroxylation is 1. The van der Waals surface area contributed by atoms with Gasteiger partial charge in [-0.2, -0.15) is 0 Å². The van der Waals surface area contributed by atoms with E-state index in [1.54, 1.807) is 11.3 Å². The number of aromatic nitrogens is 1. The van der Waals surface area contributed by atoms with E-state index in [9.17, 15) is 0 Å². The molecule has 0 radical (unpaired) electrons. The molecule has 3 aromatic rings. The Morgan fingerprint density at radius 1 is 0.947 bits per heavy atom. The van der Waals surface area contributed by atoms with E-state index in [2.05, 4.69) is 41.1 Å².